The number of hydrogen-bond acceptors (Lipinski definition) is 4. The monoisotopic (exact) mass is 289 g/mol. The largest absolute Gasteiger partial charge is 0.480 e. The van der Waals surface area contributed by atoms with Gasteiger partial charge in [0, 0.05) is 10.5 Å². The minimum absolute atomic E-state index is 0.0974. The molecular weight excluding hydrogens is 282 g/mol. The van der Waals surface area contributed by atoms with Gasteiger partial charge in [-0.3, -0.25) is 10.1 Å². The zero-order valence-corrected chi connectivity index (χ0v) is 9.64. The van der Waals surface area contributed by atoms with E-state index in [1.165, 1.54) is 12.1 Å². The smallest absolute Gasteiger partial charge is 0.329 e. The first kappa shape index (κ1) is 12.6. The first-order chi connectivity index (χ1) is 7.50. The molecule has 0 spiro atoms. The van der Waals surface area contributed by atoms with Crippen molar-refractivity contribution >= 4 is 27.6 Å². The number of halogens is 1. The van der Waals surface area contributed by atoms with Gasteiger partial charge < -0.3 is 9.84 Å². The second kappa shape index (κ2) is 5.57. The molecule has 1 aromatic carbocycles. The SMILES string of the molecule is O=C(O)COCc1ccc(Br)cc1[N+](=O)[O-]. The molecule has 1 rings (SSSR count). The van der Waals surface area contributed by atoms with Crippen LogP contribution in [0.25, 0.3) is 0 Å². The molecule has 0 saturated carbocycles. The number of nitrogens with zero attached hydrogens (tertiary/aromatic N) is 1. The van der Waals surface area contributed by atoms with Crippen molar-refractivity contribution in [3.8, 4) is 0 Å². The van der Waals surface area contributed by atoms with Crippen molar-refractivity contribution in [3.63, 3.8) is 0 Å². The van der Waals surface area contributed by atoms with E-state index in [1.54, 1.807) is 6.07 Å². The van der Waals surface area contributed by atoms with Crippen LogP contribution in [0.4, 0.5) is 5.69 Å². The van der Waals surface area contributed by atoms with Crippen molar-refractivity contribution < 1.29 is 19.6 Å². The molecule has 16 heavy (non-hydrogen) atoms. The van der Waals surface area contributed by atoms with Crippen molar-refractivity contribution in [2.24, 2.45) is 0 Å². The number of hydrogen-bond donors (Lipinski definition) is 1. The maximum absolute atomic E-state index is 10.7. The van der Waals surface area contributed by atoms with Gasteiger partial charge in [0.1, 0.15) is 6.61 Å². The van der Waals surface area contributed by atoms with Gasteiger partial charge in [0.15, 0.2) is 0 Å². The first-order valence-electron chi connectivity index (χ1n) is 4.23. The van der Waals surface area contributed by atoms with E-state index in [1.807, 2.05) is 0 Å². The summed E-state index contributed by atoms with van der Waals surface area (Å²) in [5, 5.41) is 19.0. The molecule has 1 N–H and O–H groups in total. The fourth-order valence-electron chi connectivity index (χ4n) is 1.08. The normalized spacial score (nSPS) is 10.1. The van der Waals surface area contributed by atoms with Crippen LogP contribution in [0.1, 0.15) is 5.56 Å². The van der Waals surface area contributed by atoms with Crippen molar-refractivity contribution in [3.05, 3.63) is 38.3 Å². The quantitative estimate of drug-likeness (QED) is 0.661. The molecule has 86 valence electrons. The van der Waals surface area contributed by atoms with Crippen LogP contribution >= 0.6 is 15.9 Å². The lowest BCUT2D eigenvalue weighted by molar-refractivity contribution is -0.386. The van der Waals surface area contributed by atoms with E-state index in [2.05, 4.69) is 15.9 Å². The molecule has 0 fully saturated rings. The summed E-state index contributed by atoms with van der Waals surface area (Å²) >= 11 is 3.12. The molecule has 0 unspecified atom stereocenters. The van der Waals surface area contributed by atoms with E-state index in [4.69, 9.17) is 9.84 Å². The maximum atomic E-state index is 10.7. The Morgan fingerprint density at radius 2 is 2.25 bits per heavy atom. The van der Waals surface area contributed by atoms with Crippen molar-refractivity contribution in [2.45, 2.75) is 6.61 Å². The minimum atomic E-state index is -1.11. The predicted octanol–water partition coefficient (Wildman–Crippen LogP) is 1.96. The number of nitro groups is 1. The third-order valence-electron chi connectivity index (χ3n) is 1.73. The fourth-order valence-corrected chi connectivity index (χ4v) is 1.43. The van der Waals surface area contributed by atoms with E-state index >= 15 is 0 Å². The number of nitro benzene ring substituents is 1. The summed E-state index contributed by atoms with van der Waals surface area (Å²) in [5.41, 5.74) is 0.245. The second-order valence-electron chi connectivity index (χ2n) is 2.92. The van der Waals surface area contributed by atoms with Crippen LogP contribution in [0.2, 0.25) is 0 Å². The Morgan fingerprint density at radius 1 is 1.56 bits per heavy atom. The average Bonchev–Trinajstić information content (AvgIpc) is 2.19. The lowest BCUT2D eigenvalue weighted by Gasteiger charge is -2.03. The van der Waals surface area contributed by atoms with Gasteiger partial charge in [-0.25, -0.2) is 4.79 Å². The fraction of sp³-hybridized carbons (Fsp3) is 0.222. The lowest BCUT2D eigenvalue weighted by Crippen LogP contribution is -2.07. The topological polar surface area (TPSA) is 89.7 Å². The Bertz CT molecular complexity index is 420. The van der Waals surface area contributed by atoms with Crippen LogP contribution in [-0.2, 0) is 16.1 Å². The molecule has 0 aliphatic carbocycles. The third kappa shape index (κ3) is 3.59. The molecule has 0 aliphatic heterocycles. The molecule has 0 heterocycles. The summed E-state index contributed by atoms with van der Waals surface area (Å²) in [6.45, 7) is -0.580. The Hall–Kier alpha value is -1.47. The zero-order valence-electron chi connectivity index (χ0n) is 8.05. The summed E-state index contributed by atoms with van der Waals surface area (Å²) in [6, 6.07) is 4.50. The van der Waals surface area contributed by atoms with E-state index in [0.717, 1.165) is 0 Å². The molecule has 1 aromatic rings. The van der Waals surface area contributed by atoms with Gasteiger partial charge in [-0.15, -0.1) is 0 Å². The molecule has 7 heteroatoms. The molecule has 0 atom stereocenters. The summed E-state index contributed by atoms with van der Waals surface area (Å²) in [6.07, 6.45) is 0. The molecule has 6 nitrogen and oxygen atoms in total. The van der Waals surface area contributed by atoms with Gasteiger partial charge in [0.25, 0.3) is 5.69 Å². The predicted molar refractivity (Wildman–Crippen MR) is 58.1 cm³/mol. The standard InChI is InChI=1S/C9H8BrNO5/c10-7-2-1-6(4-16-5-9(12)13)8(3-7)11(14)15/h1-3H,4-5H2,(H,12,13). The number of ether oxygens (including phenoxy) is 1. The van der Waals surface area contributed by atoms with Gasteiger partial charge in [-0.1, -0.05) is 15.9 Å². The summed E-state index contributed by atoms with van der Waals surface area (Å²) in [4.78, 5) is 20.3. The lowest BCUT2D eigenvalue weighted by atomic mass is 10.2. The Kier molecular flexibility index (Phi) is 4.39. The molecule has 0 radical (unpaired) electrons. The molecule has 0 aliphatic rings. The van der Waals surface area contributed by atoms with Gasteiger partial charge in [0.2, 0.25) is 0 Å². The van der Waals surface area contributed by atoms with Crippen molar-refractivity contribution in [1.29, 1.82) is 0 Å². The van der Waals surface area contributed by atoms with Crippen LogP contribution in [0.5, 0.6) is 0 Å². The molecule has 0 bridgehead atoms. The average molecular weight is 290 g/mol. The van der Waals surface area contributed by atoms with Crippen LogP contribution in [0, 0.1) is 10.1 Å². The van der Waals surface area contributed by atoms with Gasteiger partial charge >= 0.3 is 5.97 Å². The third-order valence-corrected chi connectivity index (χ3v) is 2.22. The molecule has 0 saturated heterocycles. The highest BCUT2D eigenvalue weighted by Crippen LogP contribution is 2.23. The highest BCUT2D eigenvalue weighted by molar-refractivity contribution is 9.10. The molecular formula is C9H8BrNO5. The van der Waals surface area contributed by atoms with Gasteiger partial charge in [-0.2, -0.15) is 0 Å². The van der Waals surface area contributed by atoms with Crippen LogP contribution in [-0.4, -0.2) is 22.6 Å². The van der Waals surface area contributed by atoms with Crippen molar-refractivity contribution in [2.75, 3.05) is 6.61 Å². The number of carbonyl (C=O) groups is 1. The minimum Gasteiger partial charge on any atom is -0.480 e. The van der Waals surface area contributed by atoms with E-state index in [9.17, 15) is 14.9 Å². The molecule has 0 aromatic heterocycles. The Balaban J connectivity index is 2.78. The van der Waals surface area contributed by atoms with Crippen LogP contribution in [0.3, 0.4) is 0 Å². The number of aliphatic carboxylic acids is 1. The van der Waals surface area contributed by atoms with Gasteiger partial charge in [0.05, 0.1) is 17.1 Å². The van der Waals surface area contributed by atoms with Crippen LogP contribution in [0.15, 0.2) is 22.7 Å². The number of carboxylic acid groups (broad SMARTS) is 1. The first-order valence-corrected chi connectivity index (χ1v) is 5.02. The summed E-state index contributed by atoms with van der Waals surface area (Å²) < 4.78 is 5.38. The second-order valence-corrected chi connectivity index (χ2v) is 3.83. The van der Waals surface area contributed by atoms with E-state index < -0.39 is 17.5 Å². The molecule has 0 amide bonds. The van der Waals surface area contributed by atoms with Crippen LogP contribution < -0.4 is 0 Å². The number of benzene rings is 1. The zero-order chi connectivity index (χ0) is 12.1. The summed E-state index contributed by atoms with van der Waals surface area (Å²) in [7, 11) is 0. The van der Waals surface area contributed by atoms with E-state index in [0.29, 0.717) is 10.0 Å². The van der Waals surface area contributed by atoms with E-state index in [-0.39, 0.29) is 12.3 Å². The Morgan fingerprint density at radius 3 is 2.81 bits per heavy atom. The van der Waals surface area contributed by atoms with Crippen molar-refractivity contribution in [1.82, 2.24) is 0 Å². The number of rotatable bonds is 5. The van der Waals surface area contributed by atoms with Gasteiger partial charge in [-0.05, 0) is 12.1 Å². The highest BCUT2D eigenvalue weighted by Gasteiger charge is 2.14. The highest BCUT2D eigenvalue weighted by atomic mass is 79.9. The Labute approximate surface area is 99.1 Å². The maximum Gasteiger partial charge on any atom is 0.329 e. The number of carboxylic acids is 1. The summed E-state index contributed by atoms with van der Waals surface area (Å²) in [5.74, 6) is -1.11.